The molecule has 0 aliphatic rings. The largest absolute Gasteiger partial charge is 0.295 e. The molecule has 3 nitrogen and oxygen atoms in total. The maximum atomic E-state index is 10.8. The van der Waals surface area contributed by atoms with Gasteiger partial charge >= 0.3 is 0 Å². The molecule has 1 rings (SSSR count). The highest BCUT2D eigenvalue weighted by molar-refractivity contribution is 7.72. The van der Waals surface area contributed by atoms with Crippen LogP contribution in [0.3, 0.4) is 0 Å². The number of thiol groups is 1. The van der Waals surface area contributed by atoms with Crippen LogP contribution in [-0.4, -0.2) is 14.2 Å². The maximum absolute atomic E-state index is 10.8. The summed E-state index contributed by atoms with van der Waals surface area (Å²) in [5.74, 6) is -0.131. The molecule has 0 amide bonds. The van der Waals surface area contributed by atoms with Gasteiger partial charge in [0.05, 0.1) is 4.90 Å². The molecule has 0 atom stereocenters. The topological polar surface area (TPSA) is 51.2 Å². The lowest BCUT2D eigenvalue weighted by Crippen LogP contribution is -1.92. The Hall–Kier alpha value is -1.16. The summed E-state index contributed by atoms with van der Waals surface area (Å²) < 4.78 is 21.0. The lowest BCUT2D eigenvalue weighted by molar-refractivity contribution is 0.101. The summed E-state index contributed by atoms with van der Waals surface area (Å²) in [6.45, 7) is 1.40. The molecule has 1 aromatic rings. The molecular formula is C8H8O3S. The second kappa shape index (κ2) is 3.49. The predicted octanol–water partition coefficient (Wildman–Crippen LogP) is 0.860. The normalized spacial score (nSPS) is 10.2. The first kappa shape index (κ1) is 8.93. The molecule has 0 bridgehead atoms. The quantitative estimate of drug-likeness (QED) is 0.548. The highest BCUT2D eigenvalue weighted by Crippen LogP contribution is 2.06. The van der Waals surface area contributed by atoms with E-state index >= 15 is 0 Å². The van der Waals surface area contributed by atoms with Crippen molar-refractivity contribution in [2.45, 2.75) is 11.8 Å². The third kappa shape index (κ3) is 1.92. The molecule has 0 saturated carbocycles. The van der Waals surface area contributed by atoms with E-state index in [0.29, 0.717) is 5.56 Å². The number of carbonyl (C=O) groups is 1. The SMILES string of the molecule is CC(=O)c1cccc([SH](=O)=O)c1. The summed E-state index contributed by atoms with van der Waals surface area (Å²) in [4.78, 5) is 11.0. The molecule has 0 unspecified atom stereocenters. The number of ketones is 1. The van der Waals surface area contributed by atoms with Crippen molar-refractivity contribution in [2.24, 2.45) is 0 Å². The molecule has 12 heavy (non-hydrogen) atoms. The molecule has 0 saturated heterocycles. The summed E-state index contributed by atoms with van der Waals surface area (Å²) >= 11 is 0. The minimum atomic E-state index is -2.59. The molecule has 0 N–H and O–H groups in total. The second-order valence-electron chi connectivity index (χ2n) is 2.36. The minimum absolute atomic E-state index is 0.131. The van der Waals surface area contributed by atoms with Crippen molar-refractivity contribution in [3.63, 3.8) is 0 Å². The predicted molar refractivity (Wildman–Crippen MR) is 45.0 cm³/mol. The molecule has 0 radical (unpaired) electrons. The fourth-order valence-corrected chi connectivity index (χ4v) is 1.29. The van der Waals surface area contributed by atoms with E-state index in [0.717, 1.165) is 0 Å². The Morgan fingerprint density at radius 2 is 2.00 bits per heavy atom. The van der Waals surface area contributed by atoms with E-state index < -0.39 is 10.7 Å². The van der Waals surface area contributed by atoms with Gasteiger partial charge in [0.25, 0.3) is 0 Å². The molecule has 4 heteroatoms. The van der Waals surface area contributed by atoms with Crippen LogP contribution in [0, 0.1) is 0 Å². The number of rotatable bonds is 2. The van der Waals surface area contributed by atoms with Crippen LogP contribution in [0.1, 0.15) is 17.3 Å². The van der Waals surface area contributed by atoms with E-state index in [1.807, 2.05) is 0 Å². The van der Waals surface area contributed by atoms with E-state index in [1.54, 1.807) is 12.1 Å². The van der Waals surface area contributed by atoms with Crippen molar-refractivity contribution >= 4 is 16.5 Å². The monoisotopic (exact) mass is 184 g/mol. The number of carbonyl (C=O) groups excluding carboxylic acids is 1. The van der Waals surface area contributed by atoms with Gasteiger partial charge < -0.3 is 0 Å². The summed E-state index contributed by atoms with van der Waals surface area (Å²) in [6.07, 6.45) is 0. The number of hydrogen-bond acceptors (Lipinski definition) is 3. The molecule has 0 spiro atoms. The van der Waals surface area contributed by atoms with Crippen LogP contribution in [0.25, 0.3) is 0 Å². The molecule has 0 aliphatic carbocycles. The van der Waals surface area contributed by atoms with Crippen molar-refractivity contribution in [1.29, 1.82) is 0 Å². The van der Waals surface area contributed by atoms with Gasteiger partial charge in [0.2, 0.25) is 0 Å². The van der Waals surface area contributed by atoms with Crippen LogP contribution in [0.5, 0.6) is 0 Å². The molecule has 1 aromatic carbocycles. The number of hydrogen-bond donors (Lipinski definition) is 1. The number of Topliss-reactive ketones (excluding diaryl/α,β-unsaturated/α-hetero) is 1. The van der Waals surface area contributed by atoms with Gasteiger partial charge in [-0.1, -0.05) is 12.1 Å². The zero-order valence-electron chi connectivity index (χ0n) is 6.48. The molecule has 0 heterocycles. The van der Waals surface area contributed by atoms with Crippen molar-refractivity contribution in [3.05, 3.63) is 29.8 Å². The van der Waals surface area contributed by atoms with E-state index in [4.69, 9.17) is 0 Å². The van der Waals surface area contributed by atoms with Crippen LogP contribution in [0.2, 0.25) is 0 Å². The smallest absolute Gasteiger partial charge is 0.168 e. The summed E-state index contributed by atoms with van der Waals surface area (Å²) in [7, 11) is -2.59. The van der Waals surface area contributed by atoms with Gasteiger partial charge in [-0.2, -0.15) is 0 Å². The zero-order chi connectivity index (χ0) is 9.14. The Morgan fingerprint density at radius 3 is 2.50 bits per heavy atom. The van der Waals surface area contributed by atoms with Gasteiger partial charge in [-0.15, -0.1) is 0 Å². The fraction of sp³-hybridized carbons (Fsp3) is 0.125. The van der Waals surface area contributed by atoms with Gasteiger partial charge in [0, 0.05) is 5.56 Å². The summed E-state index contributed by atoms with van der Waals surface area (Å²) in [5.41, 5.74) is 0.423. The summed E-state index contributed by atoms with van der Waals surface area (Å²) in [5, 5.41) is 0. The van der Waals surface area contributed by atoms with Crippen molar-refractivity contribution in [2.75, 3.05) is 0 Å². The van der Waals surface area contributed by atoms with Crippen LogP contribution in [-0.2, 0) is 10.7 Å². The van der Waals surface area contributed by atoms with Crippen LogP contribution >= 0.6 is 0 Å². The zero-order valence-corrected chi connectivity index (χ0v) is 7.38. The van der Waals surface area contributed by atoms with Gasteiger partial charge in [0.15, 0.2) is 16.5 Å². The molecule has 64 valence electrons. The van der Waals surface area contributed by atoms with E-state index in [1.165, 1.54) is 19.1 Å². The Bertz CT molecular complexity index is 372. The van der Waals surface area contributed by atoms with Gasteiger partial charge in [0.1, 0.15) is 0 Å². The average molecular weight is 184 g/mol. The summed E-state index contributed by atoms with van der Waals surface area (Å²) in [6, 6.07) is 5.97. The Balaban J connectivity index is 3.21. The molecule has 0 aromatic heterocycles. The Morgan fingerprint density at radius 1 is 1.33 bits per heavy atom. The third-order valence-electron chi connectivity index (χ3n) is 1.46. The van der Waals surface area contributed by atoms with Gasteiger partial charge in [-0.05, 0) is 19.1 Å². The third-order valence-corrected chi connectivity index (χ3v) is 2.16. The maximum Gasteiger partial charge on any atom is 0.168 e. The molecule has 0 aliphatic heterocycles. The lowest BCUT2D eigenvalue weighted by Gasteiger charge is -1.94. The van der Waals surface area contributed by atoms with Crippen LogP contribution in [0.15, 0.2) is 29.2 Å². The molecular weight excluding hydrogens is 176 g/mol. The standard InChI is InChI=1S/C8H8O3S/c1-6(9)7-3-2-4-8(5-7)12(10)11/h2-5,12H,1H3. The highest BCUT2D eigenvalue weighted by Gasteiger charge is 2.00. The van der Waals surface area contributed by atoms with Crippen molar-refractivity contribution in [1.82, 2.24) is 0 Å². The van der Waals surface area contributed by atoms with Crippen LogP contribution < -0.4 is 0 Å². The Kier molecular flexibility index (Phi) is 2.60. The van der Waals surface area contributed by atoms with E-state index in [-0.39, 0.29) is 10.7 Å². The Labute approximate surface area is 72.0 Å². The average Bonchev–Trinajstić information content (AvgIpc) is 2.04. The fourth-order valence-electron chi connectivity index (χ4n) is 0.838. The van der Waals surface area contributed by atoms with Crippen molar-refractivity contribution < 1.29 is 13.2 Å². The molecule has 0 fully saturated rings. The highest BCUT2D eigenvalue weighted by atomic mass is 32.2. The van der Waals surface area contributed by atoms with Gasteiger partial charge in [-0.3, -0.25) is 4.79 Å². The number of benzene rings is 1. The second-order valence-corrected chi connectivity index (χ2v) is 3.39. The van der Waals surface area contributed by atoms with E-state index in [2.05, 4.69) is 0 Å². The first-order valence-corrected chi connectivity index (χ1v) is 4.54. The van der Waals surface area contributed by atoms with E-state index in [9.17, 15) is 13.2 Å². The van der Waals surface area contributed by atoms with Crippen molar-refractivity contribution in [3.8, 4) is 0 Å². The first-order chi connectivity index (χ1) is 5.61. The van der Waals surface area contributed by atoms with Crippen LogP contribution in [0.4, 0.5) is 0 Å². The van der Waals surface area contributed by atoms with Gasteiger partial charge in [-0.25, -0.2) is 8.42 Å². The lowest BCUT2D eigenvalue weighted by atomic mass is 10.2. The minimum Gasteiger partial charge on any atom is -0.295 e. The first-order valence-electron chi connectivity index (χ1n) is 3.36.